The molecule has 1 fully saturated rings. The molecule has 1 aliphatic carbocycles. The van der Waals surface area contributed by atoms with Gasteiger partial charge >= 0.3 is 0 Å². The Morgan fingerprint density at radius 1 is 1.56 bits per heavy atom. The lowest BCUT2D eigenvalue weighted by atomic mass is 10.1. The molecule has 0 atom stereocenters. The van der Waals surface area contributed by atoms with Crippen LogP contribution in [0.2, 0.25) is 5.02 Å². The number of hydrogen-bond donors (Lipinski definition) is 3. The molecule has 0 unspecified atom stereocenters. The molecule has 0 amide bonds. The van der Waals surface area contributed by atoms with Crippen molar-refractivity contribution >= 4 is 17.4 Å². The first-order chi connectivity index (χ1) is 8.54. The van der Waals surface area contributed by atoms with Crippen molar-refractivity contribution < 1.29 is 5.21 Å². The summed E-state index contributed by atoms with van der Waals surface area (Å²) in [5.74, 6) is 0.0712. The van der Waals surface area contributed by atoms with Crippen molar-refractivity contribution in [3.63, 3.8) is 0 Å². The van der Waals surface area contributed by atoms with Crippen LogP contribution < -0.4 is 11.1 Å². The zero-order chi connectivity index (χ0) is 13.2. The van der Waals surface area contributed by atoms with Crippen molar-refractivity contribution in [1.29, 1.82) is 0 Å². The van der Waals surface area contributed by atoms with E-state index in [1.54, 1.807) is 12.1 Å². The molecule has 1 saturated carbocycles. The molecule has 1 aliphatic rings. The lowest BCUT2D eigenvalue weighted by Crippen LogP contribution is -2.21. The molecular formula is C13H18ClN3O. The van der Waals surface area contributed by atoms with Crippen LogP contribution in [0.5, 0.6) is 0 Å². The smallest absolute Gasteiger partial charge is 0.170 e. The lowest BCUT2D eigenvalue weighted by Gasteiger charge is -2.11. The highest BCUT2D eigenvalue weighted by molar-refractivity contribution is 6.31. The van der Waals surface area contributed by atoms with Gasteiger partial charge in [0.05, 0.1) is 0 Å². The number of halogens is 1. The number of hydrogen-bond acceptors (Lipinski definition) is 3. The number of nitrogens with two attached hydrogens (primary N) is 1. The molecule has 4 nitrogen and oxygen atoms in total. The Bertz CT molecular complexity index is 469. The van der Waals surface area contributed by atoms with Crippen LogP contribution in [-0.2, 0) is 6.54 Å². The number of benzene rings is 1. The molecule has 0 radical (unpaired) electrons. The second-order valence-electron chi connectivity index (χ2n) is 5.21. The van der Waals surface area contributed by atoms with Gasteiger partial charge in [-0.05, 0) is 29.9 Å². The largest absolute Gasteiger partial charge is 0.409 e. The van der Waals surface area contributed by atoms with Gasteiger partial charge in [-0.25, -0.2) is 0 Å². The topological polar surface area (TPSA) is 70.6 Å². The quantitative estimate of drug-likeness (QED) is 0.332. The zero-order valence-electron chi connectivity index (χ0n) is 10.4. The van der Waals surface area contributed by atoms with Crippen LogP contribution in [0.25, 0.3) is 0 Å². The maximum absolute atomic E-state index is 8.59. The summed E-state index contributed by atoms with van der Waals surface area (Å²) in [7, 11) is 0. The van der Waals surface area contributed by atoms with Crippen LogP contribution in [0.4, 0.5) is 0 Å². The van der Waals surface area contributed by atoms with Crippen molar-refractivity contribution in [3.8, 4) is 0 Å². The van der Waals surface area contributed by atoms with E-state index in [-0.39, 0.29) is 5.84 Å². The van der Waals surface area contributed by atoms with Gasteiger partial charge in [0.2, 0.25) is 0 Å². The summed E-state index contributed by atoms with van der Waals surface area (Å²) < 4.78 is 0. The third kappa shape index (κ3) is 3.15. The molecule has 1 aromatic carbocycles. The van der Waals surface area contributed by atoms with Gasteiger partial charge in [0.15, 0.2) is 5.84 Å². The van der Waals surface area contributed by atoms with E-state index in [0.717, 1.165) is 18.7 Å². The number of rotatable bonds is 5. The Morgan fingerprint density at radius 2 is 2.28 bits per heavy atom. The lowest BCUT2D eigenvalue weighted by molar-refractivity contribution is 0.318. The van der Waals surface area contributed by atoms with E-state index < -0.39 is 0 Å². The fraction of sp³-hybridized carbons (Fsp3) is 0.462. The molecule has 0 aliphatic heterocycles. The van der Waals surface area contributed by atoms with Crippen LogP contribution in [0, 0.1) is 5.41 Å². The monoisotopic (exact) mass is 267 g/mol. The minimum absolute atomic E-state index is 0.0712. The van der Waals surface area contributed by atoms with Gasteiger partial charge in [-0.2, -0.15) is 0 Å². The van der Waals surface area contributed by atoms with E-state index >= 15 is 0 Å². The van der Waals surface area contributed by atoms with Crippen molar-refractivity contribution in [2.75, 3.05) is 6.54 Å². The molecule has 0 bridgehead atoms. The normalized spacial score (nSPS) is 17.8. The highest BCUT2D eigenvalue weighted by atomic mass is 35.5. The van der Waals surface area contributed by atoms with E-state index in [1.807, 2.05) is 6.07 Å². The van der Waals surface area contributed by atoms with E-state index in [4.69, 9.17) is 22.5 Å². The summed E-state index contributed by atoms with van der Waals surface area (Å²) >= 11 is 6.16. The molecule has 2 rings (SSSR count). The van der Waals surface area contributed by atoms with Crippen LogP contribution in [0.1, 0.15) is 30.9 Å². The summed E-state index contributed by atoms with van der Waals surface area (Å²) in [6.07, 6.45) is 2.60. The SMILES string of the molecule is CC1(CNCc2ccc(/C(N)=N/O)cc2Cl)CC1. The summed E-state index contributed by atoms with van der Waals surface area (Å²) in [5, 5.41) is 15.6. The first-order valence-electron chi connectivity index (χ1n) is 6.01. The Hall–Kier alpha value is -1.26. The third-order valence-electron chi connectivity index (χ3n) is 3.43. The maximum atomic E-state index is 8.59. The van der Waals surface area contributed by atoms with E-state index in [0.29, 0.717) is 16.0 Å². The Labute approximate surface area is 112 Å². The summed E-state index contributed by atoms with van der Waals surface area (Å²) in [6.45, 7) is 4.04. The summed E-state index contributed by atoms with van der Waals surface area (Å²) in [5.41, 5.74) is 7.64. The molecule has 5 heteroatoms. The molecular weight excluding hydrogens is 250 g/mol. The van der Waals surface area contributed by atoms with Crippen molar-refractivity contribution in [1.82, 2.24) is 5.32 Å². The average Bonchev–Trinajstić information content (AvgIpc) is 3.08. The molecule has 18 heavy (non-hydrogen) atoms. The van der Waals surface area contributed by atoms with Gasteiger partial charge in [-0.15, -0.1) is 0 Å². The molecule has 0 heterocycles. The van der Waals surface area contributed by atoms with Crippen LogP contribution >= 0.6 is 11.6 Å². The molecule has 4 N–H and O–H groups in total. The average molecular weight is 268 g/mol. The predicted octanol–water partition coefficient (Wildman–Crippen LogP) is 2.32. The van der Waals surface area contributed by atoms with Gasteiger partial charge in [0, 0.05) is 23.7 Å². The summed E-state index contributed by atoms with van der Waals surface area (Å²) in [4.78, 5) is 0. The van der Waals surface area contributed by atoms with Crippen LogP contribution in [0.15, 0.2) is 23.4 Å². The highest BCUT2D eigenvalue weighted by Gasteiger charge is 2.36. The van der Waals surface area contributed by atoms with Gasteiger partial charge in [-0.3, -0.25) is 0 Å². The molecule has 0 spiro atoms. The zero-order valence-corrected chi connectivity index (χ0v) is 11.2. The summed E-state index contributed by atoms with van der Waals surface area (Å²) in [6, 6.07) is 5.42. The van der Waals surface area contributed by atoms with Gasteiger partial charge in [0.25, 0.3) is 0 Å². The molecule has 0 saturated heterocycles. The first kappa shape index (κ1) is 13.2. The van der Waals surface area contributed by atoms with Crippen molar-refractivity contribution in [2.24, 2.45) is 16.3 Å². The molecule has 98 valence electrons. The Morgan fingerprint density at radius 3 is 2.83 bits per heavy atom. The van der Waals surface area contributed by atoms with Gasteiger partial charge < -0.3 is 16.3 Å². The maximum Gasteiger partial charge on any atom is 0.170 e. The molecule has 0 aromatic heterocycles. The van der Waals surface area contributed by atoms with Crippen molar-refractivity contribution in [3.05, 3.63) is 34.3 Å². The van der Waals surface area contributed by atoms with E-state index in [9.17, 15) is 0 Å². The Kier molecular flexibility index (Phi) is 3.78. The molecule has 1 aromatic rings. The Balaban J connectivity index is 1.96. The first-order valence-corrected chi connectivity index (χ1v) is 6.39. The van der Waals surface area contributed by atoms with Crippen LogP contribution in [0.3, 0.4) is 0 Å². The third-order valence-corrected chi connectivity index (χ3v) is 3.78. The second-order valence-corrected chi connectivity index (χ2v) is 5.61. The predicted molar refractivity (Wildman–Crippen MR) is 73.0 cm³/mol. The standard InChI is InChI=1S/C13H18ClN3O/c1-13(4-5-13)8-16-7-10-3-2-9(6-11(10)14)12(15)17-18/h2-3,6,16,18H,4-5,7-8H2,1H3,(H2,15,17). The minimum atomic E-state index is 0.0712. The fourth-order valence-corrected chi connectivity index (χ4v) is 2.04. The number of nitrogens with zero attached hydrogens (tertiary/aromatic N) is 1. The van der Waals surface area contributed by atoms with Gasteiger partial charge in [-0.1, -0.05) is 35.8 Å². The second kappa shape index (κ2) is 5.16. The fourth-order valence-electron chi connectivity index (χ4n) is 1.80. The van der Waals surface area contributed by atoms with Crippen LogP contribution in [-0.4, -0.2) is 17.6 Å². The number of oxime groups is 1. The number of nitrogens with one attached hydrogen (secondary N) is 1. The van der Waals surface area contributed by atoms with E-state index in [1.165, 1.54) is 12.8 Å². The highest BCUT2D eigenvalue weighted by Crippen LogP contribution is 2.44. The number of amidine groups is 1. The van der Waals surface area contributed by atoms with E-state index in [2.05, 4.69) is 17.4 Å². The van der Waals surface area contributed by atoms with Crippen molar-refractivity contribution in [2.45, 2.75) is 26.3 Å². The van der Waals surface area contributed by atoms with Gasteiger partial charge in [0.1, 0.15) is 0 Å². The minimum Gasteiger partial charge on any atom is -0.409 e.